The van der Waals surface area contributed by atoms with Gasteiger partial charge in [0, 0.05) is 31.2 Å². The van der Waals surface area contributed by atoms with Crippen molar-refractivity contribution < 1.29 is 14.6 Å². The van der Waals surface area contributed by atoms with Crippen LogP contribution in [0.25, 0.3) is 10.9 Å². The first kappa shape index (κ1) is 13.0. The predicted molar refractivity (Wildman–Crippen MR) is 74.4 cm³/mol. The molecule has 0 spiro atoms. The van der Waals surface area contributed by atoms with Gasteiger partial charge in [0.1, 0.15) is 0 Å². The van der Waals surface area contributed by atoms with Crippen LogP contribution in [0.4, 0.5) is 0 Å². The Morgan fingerprint density at radius 1 is 1.40 bits per heavy atom. The standard InChI is InChI=1S/C15H16N2O3/c18-15(19)13-10-17(7-8-20-13)9-12-4-1-3-11-5-2-6-16-14(11)12/h1-6,13H,7-10H2,(H,18,19). The molecule has 1 atom stereocenters. The number of para-hydroxylation sites is 1. The van der Waals surface area contributed by atoms with Gasteiger partial charge in [-0.3, -0.25) is 9.88 Å². The van der Waals surface area contributed by atoms with Crippen LogP contribution in [-0.4, -0.2) is 46.8 Å². The Morgan fingerprint density at radius 3 is 3.10 bits per heavy atom. The molecule has 104 valence electrons. The molecule has 20 heavy (non-hydrogen) atoms. The second kappa shape index (κ2) is 5.56. The first-order valence-electron chi connectivity index (χ1n) is 6.63. The Balaban J connectivity index is 1.81. The maximum atomic E-state index is 11.0. The fourth-order valence-corrected chi connectivity index (χ4v) is 2.53. The zero-order valence-corrected chi connectivity index (χ0v) is 11.0. The Bertz CT molecular complexity index is 624. The topological polar surface area (TPSA) is 62.7 Å². The number of aromatic nitrogens is 1. The Labute approximate surface area is 116 Å². The molecular weight excluding hydrogens is 256 g/mol. The van der Waals surface area contributed by atoms with Crippen LogP contribution in [0.3, 0.4) is 0 Å². The molecule has 5 nitrogen and oxygen atoms in total. The van der Waals surface area contributed by atoms with Crippen LogP contribution in [0.15, 0.2) is 36.5 Å². The number of benzene rings is 1. The summed E-state index contributed by atoms with van der Waals surface area (Å²) in [5.74, 6) is -0.897. The van der Waals surface area contributed by atoms with Gasteiger partial charge in [0.25, 0.3) is 0 Å². The number of hydrogen-bond donors (Lipinski definition) is 1. The number of pyridine rings is 1. The highest BCUT2D eigenvalue weighted by Gasteiger charge is 2.26. The van der Waals surface area contributed by atoms with Crippen molar-refractivity contribution in [3.63, 3.8) is 0 Å². The number of morpholine rings is 1. The summed E-state index contributed by atoms with van der Waals surface area (Å²) in [5.41, 5.74) is 2.10. The number of carbonyl (C=O) groups is 1. The monoisotopic (exact) mass is 272 g/mol. The summed E-state index contributed by atoms with van der Waals surface area (Å²) in [6.45, 7) is 2.31. The molecule has 0 bridgehead atoms. The van der Waals surface area contributed by atoms with Gasteiger partial charge in [0.2, 0.25) is 0 Å². The largest absolute Gasteiger partial charge is 0.479 e. The van der Waals surface area contributed by atoms with Crippen molar-refractivity contribution in [1.29, 1.82) is 0 Å². The average Bonchev–Trinajstić information content (AvgIpc) is 2.48. The van der Waals surface area contributed by atoms with Crippen LogP contribution in [0.2, 0.25) is 0 Å². The highest BCUT2D eigenvalue weighted by molar-refractivity contribution is 5.81. The zero-order chi connectivity index (χ0) is 13.9. The molecule has 1 N–H and O–H groups in total. The normalized spacial score (nSPS) is 20.1. The predicted octanol–water partition coefficient (Wildman–Crippen LogP) is 1.52. The van der Waals surface area contributed by atoms with E-state index in [0.717, 1.165) is 23.0 Å². The van der Waals surface area contributed by atoms with Crippen LogP contribution in [-0.2, 0) is 16.1 Å². The van der Waals surface area contributed by atoms with Crippen molar-refractivity contribution >= 4 is 16.9 Å². The smallest absolute Gasteiger partial charge is 0.334 e. The minimum absolute atomic E-state index is 0.415. The summed E-state index contributed by atoms with van der Waals surface area (Å²) < 4.78 is 5.24. The van der Waals surface area contributed by atoms with Crippen LogP contribution in [0, 0.1) is 0 Å². The number of nitrogens with zero attached hydrogens (tertiary/aromatic N) is 2. The van der Waals surface area contributed by atoms with Gasteiger partial charge in [-0.2, -0.15) is 0 Å². The van der Waals surface area contributed by atoms with Crippen molar-refractivity contribution in [3.8, 4) is 0 Å². The number of ether oxygens (including phenoxy) is 1. The molecule has 1 fully saturated rings. The van der Waals surface area contributed by atoms with E-state index in [1.54, 1.807) is 6.20 Å². The highest BCUT2D eigenvalue weighted by atomic mass is 16.5. The van der Waals surface area contributed by atoms with Crippen LogP contribution in [0.1, 0.15) is 5.56 Å². The lowest BCUT2D eigenvalue weighted by Crippen LogP contribution is -2.45. The number of carboxylic acid groups (broad SMARTS) is 1. The Morgan fingerprint density at radius 2 is 2.25 bits per heavy atom. The van der Waals surface area contributed by atoms with E-state index in [-0.39, 0.29) is 0 Å². The fourth-order valence-electron chi connectivity index (χ4n) is 2.53. The molecule has 0 saturated carbocycles. The fraction of sp³-hybridized carbons (Fsp3) is 0.333. The SMILES string of the molecule is O=C(O)C1CN(Cc2cccc3cccnc23)CCO1. The van der Waals surface area contributed by atoms with E-state index in [2.05, 4.69) is 9.88 Å². The number of fused-ring (bicyclic) bond motifs is 1. The first-order valence-corrected chi connectivity index (χ1v) is 6.63. The second-order valence-electron chi connectivity index (χ2n) is 4.93. The average molecular weight is 272 g/mol. The Kier molecular flexibility index (Phi) is 3.62. The molecule has 1 aliphatic heterocycles. The zero-order valence-electron chi connectivity index (χ0n) is 11.0. The van der Waals surface area contributed by atoms with E-state index in [1.807, 2.05) is 30.3 Å². The molecule has 0 amide bonds. The summed E-state index contributed by atoms with van der Waals surface area (Å²) in [6, 6.07) is 10.0. The van der Waals surface area contributed by atoms with Crippen LogP contribution in [0.5, 0.6) is 0 Å². The van der Waals surface area contributed by atoms with Gasteiger partial charge < -0.3 is 9.84 Å². The van der Waals surface area contributed by atoms with E-state index in [1.165, 1.54) is 0 Å². The molecule has 1 aromatic carbocycles. The molecule has 0 aliphatic carbocycles. The van der Waals surface area contributed by atoms with Gasteiger partial charge in [-0.1, -0.05) is 24.3 Å². The molecule has 0 radical (unpaired) electrons. The molecular formula is C15H16N2O3. The van der Waals surface area contributed by atoms with Gasteiger partial charge in [0.05, 0.1) is 12.1 Å². The highest BCUT2D eigenvalue weighted by Crippen LogP contribution is 2.19. The second-order valence-corrected chi connectivity index (χ2v) is 4.93. The third kappa shape index (κ3) is 2.64. The van der Waals surface area contributed by atoms with E-state index < -0.39 is 12.1 Å². The van der Waals surface area contributed by atoms with Gasteiger partial charge in [-0.15, -0.1) is 0 Å². The lowest BCUT2D eigenvalue weighted by atomic mass is 10.1. The van der Waals surface area contributed by atoms with E-state index in [0.29, 0.717) is 19.7 Å². The molecule has 5 heteroatoms. The van der Waals surface area contributed by atoms with E-state index in [9.17, 15) is 4.79 Å². The lowest BCUT2D eigenvalue weighted by Gasteiger charge is -2.30. The molecule has 1 unspecified atom stereocenters. The summed E-state index contributed by atoms with van der Waals surface area (Å²) >= 11 is 0. The summed E-state index contributed by atoms with van der Waals surface area (Å²) in [4.78, 5) is 17.5. The lowest BCUT2D eigenvalue weighted by molar-refractivity contribution is -0.156. The molecule has 1 saturated heterocycles. The molecule has 1 aromatic heterocycles. The van der Waals surface area contributed by atoms with E-state index in [4.69, 9.17) is 9.84 Å². The first-order chi connectivity index (χ1) is 9.74. The van der Waals surface area contributed by atoms with Gasteiger partial charge in [0.15, 0.2) is 6.10 Å². The van der Waals surface area contributed by atoms with E-state index >= 15 is 0 Å². The van der Waals surface area contributed by atoms with Gasteiger partial charge in [-0.05, 0) is 11.6 Å². The molecule has 3 rings (SSSR count). The van der Waals surface area contributed by atoms with Crippen LogP contribution < -0.4 is 0 Å². The number of hydrogen-bond acceptors (Lipinski definition) is 4. The summed E-state index contributed by atoms with van der Waals surface area (Å²) in [5, 5.41) is 10.1. The minimum Gasteiger partial charge on any atom is -0.479 e. The number of rotatable bonds is 3. The van der Waals surface area contributed by atoms with Crippen molar-refractivity contribution in [3.05, 3.63) is 42.1 Å². The molecule has 2 aromatic rings. The minimum atomic E-state index is -0.897. The van der Waals surface area contributed by atoms with Crippen molar-refractivity contribution in [2.24, 2.45) is 0 Å². The molecule has 2 heterocycles. The van der Waals surface area contributed by atoms with Crippen molar-refractivity contribution in [2.45, 2.75) is 12.6 Å². The number of aliphatic carboxylic acids is 1. The van der Waals surface area contributed by atoms with Crippen molar-refractivity contribution in [1.82, 2.24) is 9.88 Å². The van der Waals surface area contributed by atoms with Gasteiger partial charge >= 0.3 is 5.97 Å². The van der Waals surface area contributed by atoms with Crippen LogP contribution >= 0.6 is 0 Å². The maximum absolute atomic E-state index is 11.0. The van der Waals surface area contributed by atoms with Crippen molar-refractivity contribution in [2.75, 3.05) is 19.7 Å². The third-order valence-corrected chi connectivity index (χ3v) is 3.54. The number of carboxylic acids is 1. The summed E-state index contributed by atoms with van der Waals surface area (Å²) in [7, 11) is 0. The quantitative estimate of drug-likeness (QED) is 0.918. The summed E-state index contributed by atoms with van der Waals surface area (Å²) in [6.07, 6.45) is 1.05. The maximum Gasteiger partial charge on any atom is 0.334 e. The molecule has 1 aliphatic rings. The Hall–Kier alpha value is -1.98. The van der Waals surface area contributed by atoms with Gasteiger partial charge in [-0.25, -0.2) is 4.79 Å². The third-order valence-electron chi connectivity index (χ3n) is 3.54.